The number of hydrogen-bond donors (Lipinski definition) is 0. The number of rotatable bonds is 5. The van der Waals surface area contributed by atoms with Crippen LogP contribution >= 0.6 is 0 Å². The fourth-order valence-electron chi connectivity index (χ4n) is 1.63. The number of likely N-dealkylation sites (N-methyl/N-ethyl adjacent to an activating group) is 1. The zero-order chi connectivity index (χ0) is 12.8. The van der Waals surface area contributed by atoms with E-state index in [4.69, 9.17) is 4.74 Å². The minimum atomic E-state index is -0.877. The molecule has 1 atom stereocenters. The minimum Gasteiger partial charge on any atom is -0.464 e. The number of esters is 1. The maximum atomic E-state index is 11.7. The Kier molecular flexibility index (Phi) is 4.69. The monoisotopic (exact) mass is 235 g/mol. The van der Waals surface area contributed by atoms with Crippen LogP contribution < -0.4 is 4.90 Å². The number of anilines is 1. The lowest BCUT2D eigenvalue weighted by Crippen LogP contribution is -2.44. The number of carbonyl (C=O) groups is 2. The van der Waals surface area contributed by atoms with Crippen molar-refractivity contribution in [3.05, 3.63) is 30.3 Å². The van der Waals surface area contributed by atoms with E-state index in [1.807, 2.05) is 30.3 Å². The fraction of sp³-hybridized carbons (Fsp3) is 0.385. The van der Waals surface area contributed by atoms with Crippen molar-refractivity contribution in [1.82, 2.24) is 0 Å². The van der Waals surface area contributed by atoms with E-state index in [9.17, 15) is 9.59 Å². The van der Waals surface area contributed by atoms with Crippen molar-refractivity contribution in [1.29, 1.82) is 0 Å². The number of nitrogens with zero attached hydrogens (tertiary/aromatic N) is 1. The van der Waals surface area contributed by atoms with Crippen LogP contribution in [0.4, 0.5) is 5.69 Å². The van der Waals surface area contributed by atoms with Crippen LogP contribution in [0.3, 0.4) is 0 Å². The van der Waals surface area contributed by atoms with Gasteiger partial charge in [-0.2, -0.15) is 0 Å². The van der Waals surface area contributed by atoms with Gasteiger partial charge in [0.15, 0.2) is 11.8 Å². The molecule has 92 valence electrons. The summed E-state index contributed by atoms with van der Waals surface area (Å²) in [6.07, 6.45) is 0. The molecule has 4 nitrogen and oxygen atoms in total. The Morgan fingerprint density at radius 1 is 1.29 bits per heavy atom. The second-order valence-corrected chi connectivity index (χ2v) is 3.71. The first kappa shape index (κ1) is 13.2. The number of para-hydroxylation sites is 1. The summed E-state index contributed by atoms with van der Waals surface area (Å²) in [5.41, 5.74) is 0.806. The summed E-state index contributed by atoms with van der Waals surface area (Å²) in [7, 11) is 1.71. The topological polar surface area (TPSA) is 46.6 Å². The van der Waals surface area contributed by atoms with Gasteiger partial charge in [-0.05, 0) is 26.0 Å². The molecule has 0 fully saturated rings. The molecule has 0 N–H and O–H groups in total. The Morgan fingerprint density at radius 2 is 1.88 bits per heavy atom. The Labute approximate surface area is 101 Å². The first-order valence-corrected chi connectivity index (χ1v) is 5.53. The molecule has 0 amide bonds. The van der Waals surface area contributed by atoms with E-state index in [0.29, 0.717) is 0 Å². The van der Waals surface area contributed by atoms with Crippen LogP contribution in [0, 0.1) is 0 Å². The quantitative estimate of drug-likeness (QED) is 0.575. The highest BCUT2D eigenvalue weighted by molar-refractivity contribution is 6.04. The maximum absolute atomic E-state index is 11.7. The largest absolute Gasteiger partial charge is 0.464 e. The average molecular weight is 235 g/mol. The van der Waals surface area contributed by atoms with Crippen LogP contribution in [-0.2, 0) is 14.3 Å². The summed E-state index contributed by atoms with van der Waals surface area (Å²) >= 11 is 0. The van der Waals surface area contributed by atoms with Gasteiger partial charge >= 0.3 is 5.97 Å². The molecule has 4 heteroatoms. The molecule has 0 aliphatic heterocycles. The van der Waals surface area contributed by atoms with Gasteiger partial charge in [0.05, 0.1) is 6.61 Å². The van der Waals surface area contributed by atoms with Crippen molar-refractivity contribution in [2.75, 3.05) is 18.6 Å². The molecule has 1 aromatic carbocycles. The van der Waals surface area contributed by atoms with E-state index < -0.39 is 12.0 Å². The zero-order valence-electron chi connectivity index (χ0n) is 10.3. The molecule has 0 saturated heterocycles. The number of hydrogen-bond acceptors (Lipinski definition) is 4. The molecule has 0 spiro atoms. The Bertz CT molecular complexity index is 389. The predicted molar refractivity (Wildman–Crippen MR) is 65.9 cm³/mol. The van der Waals surface area contributed by atoms with Crippen LogP contribution in [0.1, 0.15) is 13.8 Å². The Balaban J connectivity index is 2.92. The van der Waals surface area contributed by atoms with Gasteiger partial charge < -0.3 is 9.64 Å². The summed E-state index contributed by atoms with van der Waals surface area (Å²) < 4.78 is 4.91. The average Bonchev–Trinajstić information content (AvgIpc) is 2.30. The second kappa shape index (κ2) is 6.03. The SMILES string of the molecule is CCOC(=O)C(C(C)=O)N(C)c1ccccc1. The van der Waals surface area contributed by atoms with E-state index in [-0.39, 0.29) is 12.4 Å². The third-order valence-corrected chi connectivity index (χ3v) is 2.45. The molecule has 1 rings (SSSR count). The molecule has 0 aliphatic carbocycles. The number of ether oxygens (including phenoxy) is 1. The van der Waals surface area contributed by atoms with Crippen LogP contribution in [0.25, 0.3) is 0 Å². The minimum absolute atomic E-state index is 0.227. The van der Waals surface area contributed by atoms with E-state index >= 15 is 0 Å². The normalized spacial score (nSPS) is 11.7. The van der Waals surface area contributed by atoms with Gasteiger partial charge in [-0.1, -0.05) is 18.2 Å². The van der Waals surface area contributed by atoms with Crippen molar-refractivity contribution < 1.29 is 14.3 Å². The third kappa shape index (κ3) is 3.31. The first-order valence-electron chi connectivity index (χ1n) is 5.53. The lowest BCUT2D eigenvalue weighted by atomic mass is 10.1. The van der Waals surface area contributed by atoms with Crippen molar-refractivity contribution >= 4 is 17.4 Å². The van der Waals surface area contributed by atoms with E-state index in [2.05, 4.69) is 0 Å². The van der Waals surface area contributed by atoms with Gasteiger partial charge in [0.1, 0.15) is 0 Å². The third-order valence-electron chi connectivity index (χ3n) is 2.45. The molecule has 0 saturated carbocycles. The molecular formula is C13H17NO3. The highest BCUT2D eigenvalue weighted by Gasteiger charge is 2.29. The molecule has 1 unspecified atom stereocenters. The molecule has 0 heterocycles. The maximum Gasteiger partial charge on any atom is 0.336 e. The highest BCUT2D eigenvalue weighted by atomic mass is 16.5. The van der Waals surface area contributed by atoms with E-state index in [1.54, 1.807) is 18.9 Å². The lowest BCUT2D eigenvalue weighted by Gasteiger charge is -2.26. The smallest absolute Gasteiger partial charge is 0.336 e. The molecule has 1 aromatic rings. The van der Waals surface area contributed by atoms with E-state index in [0.717, 1.165) is 5.69 Å². The van der Waals surface area contributed by atoms with Crippen molar-refractivity contribution in [2.24, 2.45) is 0 Å². The zero-order valence-corrected chi connectivity index (χ0v) is 10.3. The molecule has 0 bridgehead atoms. The van der Waals surface area contributed by atoms with Crippen LogP contribution in [0.2, 0.25) is 0 Å². The van der Waals surface area contributed by atoms with Crippen LogP contribution in [0.5, 0.6) is 0 Å². The lowest BCUT2D eigenvalue weighted by molar-refractivity contribution is -0.147. The van der Waals surface area contributed by atoms with Crippen LogP contribution in [-0.4, -0.2) is 31.4 Å². The van der Waals surface area contributed by atoms with Gasteiger partial charge in [0.2, 0.25) is 0 Å². The number of benzene rings is 1. The van der Waals surface area contributed by atoms with Gasteiger partial charge in [-0.25, -0.2) is 4.79 Å². The Morgan fingerprint density at radius 3 is 2.35 bits per heavy atom. The summed E-state index contributed by atoms with van der Waals surface area (Å²) in [4.78, 5) is 24.9. The predicted octanol–water partition coefficient (Wildman–Crippen LogP) is 1.64. The van der Waals surface area contributed by atoms with Gasteiger partial charge in [0, 0.05) is 12.7 Å². The van der Waals surface area contributed by atoms with Gasteiger partial charge in [-0.15, -0.1) is 0 Å². The Hall–Kier alpha value is -1.84. The second-order valence-electron chi connectivity index (χ2n) is 3.71. The summed E-state index contributed by atoms with van der Waals surface area (Å²) in [6.45, 7) is 3.38. The summed E-state index contributed by atoms with van der Waals surface area (Å²) in [6, 6.07) is 8.40. The molecule has 17 heavy (non-hydrogen) atoms. The van der Waals surface area contributed by atoms with Crippen molar-refractivity contribution in [2.45, 2.75) is 19.9 Å². The summed E-state index contributed by atoms with van der Waals surface area (Å²) in [5.74, 6) is -0.735. The molecule has 0 aromatic heterocycles. The van der Waals surface area contributed by atoms with Gasteiger partial charge in [0.25, 0.3) is 0 Å². The van der Waals surface area contributed by atoms with Crippen LogP contribution in [0.15, 0.2) is 30.3 Å². The number of ketones is 1. The van der Waals surface area contributed by atoms with Crippen molar-refractivity contribution in [3.8, 4) is 0 Å². The first-order chi connectivity index (χ1) is 8.07. The van der Waals surface area contributed by atoms with Crippen molar-refractivity contribution in [3.63, 3.8) is 0 Å². The summed E-state index contributed by atoms with van der Waals surface area (Å²) in [5, 5.41) is 0. The highest BCUT2D eigenvalue weighted by Crippen LogP contribution is 2.15. The molecular weight excluding hydrogens is 218 g/mol. The number of carbonyl (C=O) groups excluding carboxylic acids is 2. The van der Waals surface area contributed by atoms with E-state index in [1.165, 1.54) is 6.92 Å². The standard InChI is InChI=1S/C13H17NO3/c1-4-17-13(16)12(10(2)15)14(3)11-8-6-5-7-9-11/h5-9,12H,4H2,1-3H3. The number of Topliss-reactive ketones (excluding diaryl/α,β-unsaturated/α-hetero) is 1. The fourth-order valence-corrected chi connectivity index (χ4v) is 1.63. The van der Waals surface area contributed by atoms with Gasteiger partial charge in [-0.3, -0.25) is 4.79 Å². The molecule has 0 radical (unpaired) electrons. The molecule has 0 aliphatic rings.